The number of carbonyl (C=O) groups excluding carboxylic acids is 1. The Labute approximate surface area is 116 Å². The summed E-state index contributed by atoms with van der Waals surface area (Å²) in [7, 11) is 0. The fourth-order valence-corrected chi connectivity index (χ4v) is 1.78. The highest BCUT2D eigenvalue weighted by Crippen LogP contribution is 2.08. The van der Waals surface area contributed by atoms with Gasteiger partial charge in [-0.05, 0) is 18.8 Å². The molecule has 0 aliphatic rings. The molecular weight excluding hydrogens is 244 g/mol. The zero-order valence-corrected chi connectivity index (χ0v) is 12.4. The molecule has 0 saturated heterocycles. The smallest absolute Gasteiger partial charge is 0.326 e. The van der Waals surface area contributed by atoms with Crippen LogP contribution in [0.15, 0.2) is 0 Å². The summed E-state index contributed by atoms with van der Waals surface area (Å²) in [5.74, 6) is -0.239. The highest BCUT2D eigenvalue weighted by atomic mass is 16.4. The van der Waals surface area contributed by atoms with Gasteiger partial charge in [-0.3, -0.25) is 0 Å². The fourth-order valence-electron chi connectivity index (χ4n) is 1.78. The predicted octanol–water partition coefficient (Wildman–Crippen LogP) is 2.76. The molecule has 1 atom stereocenters. The van der Waals surface area contributed by atoms with E-state index in [0.29, 0.717) is 13.0 Å². The number of carbonyl (C=O) groups is 2. The predicted molar refractivity (Wildman–Crippen MR) is 76.2 cm³/mol. The number of amides is 2. The quantitative estimate of drug-likeness (QED) is 0.535. The number of carboxylic acid groups (broad SMARTS) is 1. The van der Waals surface area contributed by atoms with Crippen LogP contribution < -0.4 is 10.6 Å². The number of urea groups is 1. The minimum atomic E-state index is -0.994. The second-order valence-electron chi connectivity index (χ2n) is 5.30. The third kappa shape index (κ3) is 10.4. The van der Waals surface area contributed by atoms with Crippen LogP contribution >= 0.6 is 0 Å². The lowest BCUT2D eigenvalue weighted by Crippen LogP contribution is -2.45. The average molecular weight is 272 g/mol. The summed E-state index contributed by atoms with van der Waals surface area (Å²) in [4.78, 5) is 22.1. The molecule has 0 aromatic carbocycles. The van der Waals surface area contributed by atoms with E-state index >= 15 is 0 Å². The first-order valence-electron chi connectivity index (χ1n) is 7.24. The first-order chi connectivity index (χ1) is 8.97. The molecule has 0 saturated carbocycles. The van der Waals surface area contributed by atoms with E-state index in [1.54, 1.807) is 6.92 Å². The Morgan fingerprint density at radius 1 is 1.11 bits per heavy atom. The van der Waals surface area contributed by atoms with Crippen LogP contribution in [0, 0.1) is 5.92 Å². The van der Waals surface area contributed by atoms with Gasteiger partial charge in [-0.25, -0.2) is 9.59 Å². The van der Waals surface area contributed by atoms with Crippen molar-refractivity contribution in [1.82, 2.24) is 10.6 Å². The largest absolute Gasteiger partial charge is 0.480 e. The summed E-state index contributed by atoms with van der Waals surface area (Å²) in [5.41, 5.74) is 0. The first kappa shape index (κ1) is 17.7. The molecule has 0 fully saturated rings. The van der Waals surface area contributed by atoms with Crippen molar-refractivity contribution in [2.45, 2.75) is 65.3 Å². The second-order valence-corrected chi connectivity index (χ2v) is 5.30. The summed E-state index contributed by atoms with van der Waals surface area (Å²) in [5, 5.41) is 13.9. The summed E-state index contributed by atoms with van der Waals surface area (Å²) in [6.07, 6.45) is 6.11. The van der Waals surface area contributed by atoms with Gasteiger partial charge in [0.25, 0.3) is 0 Å². The Bertz CT molecular complexity index is 267. The molecule has 112 valence electrons. The van der Waals surface area contributed by atoms with Gasteiger partial charge in [0.2, 0.25) is 0 Å². The van der Waals surface area contributed by atoms with Gasteiger partial charge in [0, 0.05) is 6.54 Å². The fraction of sp³-hybridized carbons (Fsp3) is 0.857. The molecule has 2 amide bonds. The Morgan fingerprint density at radius 2 is 1.74 bits per heavy atom. The van der Waals surface area contributed by atoms with Crippen LogP contribution in [0.25, 0.3) is 0 Å². The lowest BCUT2D eigenvalue weighted by atomic mass is 10.0. The van der Waals surface area contributed by atoms with E-state index in [1.807, 2.05) is 0 Å². The van der Waals surface area contributed by atoms with Crippen LogP contribution in [-0.4, -0.2) is 29.7 Å². The maximum atomic E-state index is 11.4. The van der Waals surface area contributed by atoms with Gasteiger partial charge in [-0.15, -0.1) is 0 Å². The molecule has 5 heteroatoms. The van der Waals surface area contributed by atoms with Gasteiger partial charge < -0.3 is 15.7 Å². The summed E-state index contributed by atoms with van der Waals surface area (Å²) in [6.45, 7) is 6.77. The average Bonchev–Trinajstić information content (AvgIpc) is 2.34. The Morgan fingerprint density at radius 3 is 2.26 bits per heavy atom. The molecule has 1 unspecified atom stereocenters. The van der Waals surface area contributed by atoms with Crippen molar-refractivity contribution in [2.75, 3.05) is 6.54 Å². The molecule has 0 bridgehead atoms. The zero-order chi connectivity index (χ0) is 14.7. The maximum Gasteiger partial charge on any atom is 0.326 e. The molecular formula is C14H28N2O3. The lowest BCUT2D eigenvalue weighted by Gasteiger charge is -2.13. The number of carboxylic acids is 1. The number of rotatable bonds is 10. The highest BCUT2D eigenvalue weighted by molar-refractivity contribution is 5.82. The van der Waals surface area contributed by atoms with Crippen LogP contribution in [0.2, 0.25) is 0 Å². The third-order valence-electron chi connectivity index (χ3n) is 3.01. The first-order valence-corrected chi connectivity index (χ1v) is 7.24. The van der Waals surface area contributed by atoms with Crippen LogP contribution in [0.1, 0.15) is 59.3 Å². The van der Waals surface area contributed by atoms with Crippen molar-refractivity contribution in [3.8, 4) is 0 Å². The van der Waals surface area contributed by atoms with E-state index < -0.39 is 18.0 Å². The molecule has 0 rings (SSSR count). The number of aliphatic carboxylic acids is 1. The van der Waals surface area contributed by atoms with Crippen LogP contribution in [-0.2, 0) is 4.79 Å². The topological polar surface area (TPSA) is 78.4 Å². The molecule has 19 heavy (non-hydrogen) atoms. The Balaban J connectivity index is 3.51. The summed E-state index contributed by atoms with van der Waals surface area (Å²) in [6, 6.07) is -1.19. The van der Waals surface area contributed by atoms with Crippen molar-refractivity contribution in [3.63, 3.8) is 0 Å². The molecule has 0 aliphatic heterocycles. The van der Waals surface area contributed by atoms with Gasteiger partial charge in [0.15, 0.2) is 0 Å². The van der Waals surface area contributed by atoms with E-state index in [-0.39, 0.29) is 0 Å². The van der Waals surface area contributed by atoms with Crippen molar-refractivity contribution < 1.29 is 14.7 Å². The van der Waals surface area contributed by atoms with Gasteiger partial charge in [-0.1, -0.05) is 46.5 Å². The molecule has 0 aliphatic carbocycles. The molecule has 0 radical (unpaired) electrons. The van der Waals surface area contributed by atoms with E-state index in [9.17, 15) is 9.59 Å². The molecule has 0 aromatic rings. The molecule has 0 aromatic heterocycles. The van der Waals surface area contributed by atoms with Gasteiger partial charge in [-0.2, -0.15) is 0 Å². The molecule has 5 nitrogen and oxygen atoms in total. The second kappa shape index (κ2) is 10.6. The molecule has 0 heterocycles. The number of nitrogens with one attached hydrogen (secondary N) is 2. The highest BCUT2D eigenvalue weighted by Gasteiger charge is 2.16. The Kier molecular flexibility index (Phi) is 9.94. The standard InChI is InChI=1S/C14H28N2O3/c1-4-12(13(17)18)16-14(19)15-10-8-6-5-7-9-11(2)3/h11-12H,4-10H2,1-3H3,(H,17,18)(H2,15,16,19). The van der Waals surface area contributed by atoms with Crippen LogP contribution in [0.5, 0.6) is 0 Å². The monoisotopic (exact) mass is 272 g/mol. The van der Waals surface area contributed by atoms with Crippen LogP contribution in [0.3, 0.4) is 0 Å². The minimum absolute atomic E-state index is 0.387. The van der Waals surface area contributed by atoms with E-state index in [4.69, 9.17) is 5.11 Å². The number of hydrogen-bond donors (Lipinski definition) is 3. The Hall–Kier alpha value is -1.26. The van der Waals surface area contributed by atoms with Crippen LogP contribution in [0.4, 0.5) is 4.79 Å². The van der Waals surface area contributed by atoms with Crippen molar-refractivity contribution in [2.24, 2.45) is 5.92 Å². The van der Waals surface area contributed by atoms with Gasteiger partial charge in [0.1, 0.15) is 6.04 Å². The van der Waals surface area contributed by atoms with E-state index in [1.165, 1.54) is 19.3 Å². The zero-order valence-electron chi connectivity index (χ0n) is 12.4. The third-order valence-corrected chi connectivity index (χ3v) is 3.01. The number of unbranched alkanes of at least 4 members (excludes halogenated alkanes) is 3. The summed E-state index contributed by atoms with van der Waals surface area (Å²) < 4.78 is 0. The molecule has 3 N–H and O–H groups in total. The van der Waals surface area contributed by atoms with Crippen molar-refractivity contribution >= 4 is 12.0 Å². The lowest BCUT2D eigenvalue weighted by molar-refractivity contribution is -0.139. The van der Waals surface area contributed by atoms with E-state index in [2.05, 4.69) is 24.5 Å². The van der Waals surface area contributed by atoms with Gasteiger partial charge in [0.05, 0.1) is 0 Å². The maximum absolute atomic E-state index is 11.4. The van der Waals surface area contributed by atoms with E-state index in [0.717, 1.165) is 18.8 Å². The van der Waals surface area contributed by atoms with Gasteiger partial charge >= 0.3 is 12.0 Å². The van der Waals surface area contributed by atoms with Crippen molar-refractivity contribution in [1.29, 1.82) is 0 Å². The van der Waals surface area contributed by atoms with Crippen molar-refractivity contribution in [3.05, 3.63) is 0 Å². The molecule has 0 spiro atoms. The summed E-state index contributed by atoms with van der Waals surface area (Å²) >= 11 is 0. The number of hydrogen-bond acceptors (Lipinski definition) is 2. The SMILES string of the molecule is CCC(NC(=O)NCCCCCCC(C)C)C(=O)O. The normalized spacial score (nSPS) is 12.2. The minimum Gasteiger partial charge on any atom is -0.480 e.